The Morgan fingerprint density at radius 1 is 1.40 bits per heavy atom. The largest absolute Gasteiger partial charge is 0.313 e. The highest BCUT2D eigenvalue weighted by atomic mass is 32.2. The summed E-state index contributed by atoms with van der Waals surface area (Å²) in [6, 6.07) is 4.09. The van der Waals surface area contributed by atoms with Crippen molar-refractivity contribution >= 4 is 10.8 Å². The Kier molecular flexibility index (Phi) is 3.86. The Labute approximate surface area is 92.8 Å². The molecule has 0 saturated carbocycles. The molecule has 0 radical (unpaired) electrons. The zero-order valence-electron chi connectivity index (χ0n) is 8.69. The highest BCUT2D eigenvalue weighted by Gasteiger charge is 2.16. The lowest BCUT2D eigenvalue weighted by molar-refractivity contribution is 0.427. The third-order valence-electron chi connectivity index (χ3n) is 2.68. The van der Waals surface area contributed by atoms with Gasteiger partial charge in [-0.15, -0.1) is 0 Å². The van der Waals surface area contributed by atoms with Crippen LogP contribution in [-0.4, -0.2) is 27.5 Å². The summed E-state index contributed by atoms with van der Waals surface area (Å²) in [5.41, 5.74) is 0. The van der Waals surface area contributed by atoms with E-state index >= 15 is 0 Å². The average Bonchev–Trinajstić information content (AvgIpc) is 2.31. The zero-order valence-corrected chi connectivity index (χ0v) is 9.50. The Morgan fingerprint density at radius 2 is 2.20 bits per heavy atom. The van der Waals surface area contributed by atoms with Crippen LogP contribution in [0.25, 0.3) is 0 Å². The summed E-state index contributed by atoms with van der Waals surface area (Å²) in [7, 11) is -0.883. The highest BCUT2D eigenvalue weighted by Crippen LogP contribution is 2.11. The molecule has 82 valence electrons. The van der Waals surface area contributed by atoms with Crippen LogP contribution in [0.4, 0.5) is 0 Å². The molecule has 0 bridgehead atoms. The van der Waals surface area contributed by atoms with Gasteiger partial charge in [0.25, 0.3) is 0 Å². The van der Waals surface area contributed by atoms with Gasteiger partial charge in [-0.05, 0) is 31.5 Å². The first-order chi connectivity index (χ1) is 7.36. The fourth-order valence-corrected chi connectivity index (χ4v) is 3.10. The van der Waals surface area contributed by atoms with E-state index in [1.54, 1.807) is 12.4 Å². The molecule has 0 aromatic carbocycles. The number of hydrogen-bond acceptors (Lipinski definition) is 3. The average molecular weight is 224 g/mol. The van der Waals surface area contributed by atoms with E-state index in [0.717, 1.165) is 23.6 Å². The molecule has 0 unspecified atom stereocenters. The first-order valence-electron chi connectivity index (χ1n) is 5.38. The number of piperidine rings is 1. The minimum absolute atomic E-state index is 0.424. The van der Waals surface area contributed by atoms with Crippen molar-refractivity contribution in [1.82, 2.24) is 10.3 Å². The molecule has 1 aromatic rings. The van der Waals surface area contributed by atoms with Gasteiger partial charge in [-0.2, -0.15) is 0 Å². The van der Waals surface area contributed by atoms with Crippen molar-refractivity contribution in [1.29, 1.82) is 0 Å². The van der Waals surface area contributed by atoms with Crippen LogP contribution < -0.4 is 5.32 Å². The summed E-state index contributed by atoms with van der Waals surface area (Å²) in [5.74, 6) is 0.726. The van der Waals surface area contributed by atoms with Gasteiger partial charge in [0, 0.05) is 29.1 Å². The zero-order chi connectivity index (χ0) is 10.5. The maximum atomic E-state index is 12.0. The van der Waals surface area contributed by atoms with Crippen molar-refractivity contribution < 1.29 is 4.21 Å². The van der Waals surface area contributed by atoms with E-state index in [2.05, 4.69) is 10.3 Å². The second-order valence-electron chi connectivity index (χ2n) is 3.84. The van der Waals surface area contributed by atoms with E-state index in [9.17, 15) is 4.21 Å². The van der Waals surface area contributed by atoms with Crippen LogP contribution in [0.2, 0.25) is 0 Å². The fraction of sp³-hybridized carbons (Fsp3) is 0.545. The minimum atomic E-state index is -0.883. The molecular formula is C11H16N2OS. The molecule has 3 nitrogen and oxygen atoms in total. The van der Waals surface area contributed by atoms with E-state index in [0.29, 0.717) is 6.04 Å². The van der Waals surface area contributed by atoms with E-state index in [1.807, 2.05) is 12.1 Å². The number of hydrogen-bond donors (Lipinski definition) is 1. The van der Waals surface area contributed by atoms with Crippen LogP contribution in [-0.2, 0) is 10.8 Å². The van der Waals surface area contributed by atoms with Gasteiger partial charge < -0.3 is 5.32 Å². The number of aromatic nitrogens is 1. The second kappa shape index (κ2) is 5.37. The lowest BCUT2D eigenvalue weighted by Gasteiger charge is -2.22. The van der Waals surface area contributed by atoms with Crippen molar-refractivity contribution in [3.8, 4) is 0 Å². The fourth-order valence-electron chi connectivity index (χ4n) is 1.84. The van der Waals surface area contributed by atoms with Crippen molar-refractivity contribution in [2.24, 2.45) is 0 Å². The Bertz CT molecular complexity index is 323. The van der Waals surface area contributed by atoms with Crippen molar-refractivity contribution in [2.75, 3.05) is 12.3 Å². The third kappa shape index (κ3) is 3.11. The van der Waals surface area contributed by atoms with Gasteiger partial charge in [0.05, 0.1) is 10.8 Å². The van der Waals surface area contributed by atoms with Gasteiger partial charge in [0.2, 0.25) is 0 Å². The van der Waals surface area contributed by atoms with E-state index in [1.165, 1.54) is 12.8 Å². The normalized spacial score (nSPS) is 23.6. The lowest BCUT2D eigenvalue weighted by Crippen LogP contribution is -2.38. The summed E-state index contributed by atoms with van der Waals surface area (Å²) < 4.78 is 12.0. The van der Waals surface area contributed by atoms with Crippen LogP contribution >= 0.6 is 0 Å². The molecule has 1 fully saturated rings. The quantitative estimate of drug-likeness (QED) is 0.842. The standard InChI is InChI=1S/C11H16N2OS/c14-15(11-4-7-12-8-5-11)9-10-3-1-2-6-13-10/h4-5,7-8,10,13H,1-3,6,9H2/t10-,15-/m0/s1. The molecule has 2 rings (SSSR count). The Hall–Kier alpha value is -0.740. The molecule has 0 aliphatic carbocycles. The Balaban J connectivity index is 1.91. The predicted octanol–water partition coefficient (Wildman–Crippen LogP) is 1.33. The number of pyridine rings is 1. The van der Waals surface area contributed by atoms with Crippen LogP contribution in [0, 0.1) is 0 Å². The predicted molar refractivity (Wildman–Crippen MR) is 61.2 cm³/mol. The minimum Gasteiger partial charge on any atom is -0.313 e. The van der Waals surface area contributed by atoms with Crippen LogP contribution in [0.1, 0.15) is 19.3 Å². The second-order valence-corrected chi connectivity index (χ2v) is 5.34. The van der Waals surface area contributed by atoms with Crippen LogP contribution in [0.15, 0.2) is 29.4 Å². The van der Waals surface area contributed by atoms with E-state index in [4.69, 9.17) is 0 Å². The van der Waals surface area contributed by atoms with Crippen LogP contribution in [0.5, 0.6) is 0 Å². The highest BCUT2D eigenvalue weighted by molar-refractivity contribution is 7.85. The SMILES string of the molecule is O=[S@@](C[C@@H]1CCCCN1)c1ccncc1. The Morgan fingerprint density at radius 3 is 2.87 bits per heavy atom. The molecule has 1 N–H and O–H groups in total. The lowest BCUT2D eigenvalue weighted by atomic mass is 10.1. The van der Waals surface area contributed by atoms with Gasteiger partial charge in [-0.1, -0.05) is 6.42 Å². The number of nitrogens with zero attached hydrogens (tertiary/aromatic N) is 1. The summed E-state index contributed by atoms with van der Waals surface area (Å²) in [6.45, 7) is 1.07. The first kappa shape index (κ1) is 10.8. The molecule has 4 heteroatoms. The molecule has 2 atom stereocenters. The molecule has 1 saturated heterocycles. The van der Waals surface area contributed by atoms with Crippen LogP contribution in [0.3, 0.4) is 0 Å². The van der Waals surface area contributed by atoms with Crippen molar-refractivity contribution in [3.63, 3.8) is 0 Å². The van der Waals surface area contributed by atoms with Gasteiger partial charge in [-0.3, -0.25) is 9.19 Å². The number of rotatable bonds is 3. The van der Waals surface area contributed by atoms with Gasteiger partial charge in [0.1, 0.15) is 0 Å². The molecule has 0 spiro atoms. The smallest absolute Gasteiger partial charge is 0.0546 e. The molecule has 2 heterocycles. The summed E-state index contributed by atoms with van der Waals surface area (Å²) in [6.07, 6.45) is 7.05. The molecule has 0 amide bonds. The van der Waals surface area contributed by atoms with Crippen molar-refractivity contribution in [3.05, 3.63) is 24.5 Å². The van der Waals surface area contributed by atoms with Gasteiger partial charge in [0.15, 0.2) is 0 Å². The summed E-state index contributed by atoms with van der Waals surface area (Å²) >= 11 is 0. The van der Waals surface area contributed by atoms with Gasteiger partial charge >= 0.3 is 0 Å². The molecule has 1 aliphatic rings. The maximum absolute atomic E-state index is 12.0. The summed E-state index contributed by atoms with van der Waals surface area (Å²) in [5, 5.41) is 3.41. The third-order valence-corrected chi connectivity index (χ3v) is 4.18. The molecular weight excluding hydrogens is 208 g/mol. The maximum Gasteiger partial charge on any atom is 0.0546 e. The molecule has 15 heavy (non-hydrogen) atoms. The van der Waals surface area contributed by atoms with E-state index in [-0.39, 0.29) is 0 Å². The summed E-state index contributed by atoms with van der Waals surface area (Å²) in [4.78, 5) is 4.81. The van der Waals surface area contributed by atoms with E-state index < -0.39 is 10.8 Å². The van der Waals surface area contributed by atoms with Crippen molar-refractivity contribution in [2.45, 2.75) is 30.2 Å². The molecule has 1 aliphatic heterocycles. The number of nitrogens with one attached hydrogen (secondary N) is 1. The monoisotopic (exact) mass is 224 g/mol. The molecule has 1 aromatic heterocycles. The van der Waals surface area contributed by atoms with Gasteiger partial charge in [-0.25, -0.2) is 0 Å². The topological polar surface area (TPSA) is 42.0 Å². The first-order valence-corrected chi connectivity index (χ1v) is 6.70.